The van der Waals surface area contributed by atoms with Crippen LogP contribution in [0.1, 0.15) is 16.8 Å². The highest BCUT2D eigenvalue weighted by molar-refractivity contribution is 7.15. The van der Waals surface area contributed by atoms with Crippen LogP contribution in [-0.4, -0.2) is 21.8 Å². The number of carbonyl (C=O) groups is 1. The Hall–Kier alpha value is -1.95. The van der Waals surface area contributed by atoms with Crippen molar-refractivity contribution in [3.63, 3.8) is 0 Å². The van der Waals surface area contributed by atoms with Gasteiger partial charge in [-0.2, -0.15) is 0 Å². The molecule has 2 aromatic heterocycles. The first-order chi connectivity index (χ1) is 8.24. The van der Waals surface area contributed by atoms with Gasteiger partial charge in [-0.15, -0.1) is 17.9 Å². The molecule has 6 heteroatoms. The number of hydrogen-bond acceptors (Lipinski definition) is 4. The summed E-state index contributed by atoms with van der Waals surface area (Å²) in [6, 6.07) is 0. The van der Waals surface area contributed by atoms with Crippen molar-refractivity contribution in [2.24, 2.45) is 0 Å². The standard InChI is InChI=1S/C11H11N3O2S/c1-2-3-4-12-9(15)8-7-13-11-14(10(8)16)5-6-17-11/h2,5-7H,1,3-4H2,(H,12,15). The smallest absolute Gasteiger partial charge is 0.271 e. The van der Waals surface area contributed by atoms with Gasteiger partial charge in [0.25, 0.3) is 11.5 Å². The van der Waals surface area contributed by atoms with E-state index in [1.165, 1.54) is 21.9 Å². The van der Waals surface area contributed by atoms with Gasteiger partial charge >= 0.3 is 0 Å². The van der Waals surface area contributed by atoms with E-state index in [1.807, 2.05) is 0 Å². The van der Waals surface area contributed by atoms with E-state index in [1.54, 1.807) is 17.7 Å². The highest BCUT2D eigenvalue weighted by Gasteiger charge is 2.12. The first kappa shape index (κ1) is 11.5. The Morgan fingerprint density at radius 1 is 1.65 bits per heavy atom. The number of hydrogen-bond donors (Lipinski definition) is 1. The summed E-state index contributed by atoms with van der Waals surface area (Å²) in [7, 11) is 0. The maximum atomic E-state index is 11.9. The third-order valence-corrected chi connectivity index (χ3v) is 2.99. The number of amides is 1. The Morgan fingerprint density at radius 3 is 3.24 bits per heavy atom. The van der Waals surface area contributed by atoms with Gasteiger partial charge in [0.1, 0.15) is 5.56 Å². The minimum absolute atomic E-state index is 0.0602. The Balaban J connectivity index is 2.29. The molecule has 0 aliphatic rings. The summed E-state index contributed by atoms with van der Waals surface area (Å²) in [5.41, 5.74) is -0.280. The van der Waals surface area contributed by atoms with Crippen LogP contribution in [0, 0.1) is 0 Å². The summed E-state index contributed by atoms with van der Waals surface area (Å²) in [6.07, 6.45) is 5.29. The van der Waals surface area contributed by atoms with E-state index >= 15 is 0 Å². The van der Waals surface area contributed by atoms with Crippen molar-refractivity contribution < 1.29 is 4.79 Å². The number of carbonyl (C=O) groups excluding carboxylic acids is 1. The normalized spacial score (nSPS) is 10.4. The Bertz CT molecular complexity index is 614. The number of thiazole rings is 1. The number of rotatable bonds is 4. The van der Waals surface area contributed by atoms with E-state index in [0.717, 1.165) is 0 Å². The molecule has 0 radical (unpaired) electrons. The molecule has 88 valence electrons. The van der Waals surface area contributed by atoms with Gasteiger partial charge in [-0.25, -0.2) is 4.98 Å². The van der Waals surface area contributed by atoms with Crippen LogP contribution in [0.15, 0.2) is 35.2 Å². The lowest BCUT2D eigenvalue weighted by atomic mass is 10.3. The van der Waals surface area contributed by atoms with Crippen LogP contribution in [-0.2, 0) is 0 Å². The highest BCUT2D eigenvalue weighted by atomic mass is 32.1. The largest absolute Gasteiger partial charge is 0.352 e. The maximum Gasteiger partial charge on any atom is 0.271 e. The summed E-state index contributed by atoms with van der Waals surface area (Å²) in [5.74, 6) is -0.398. The molecule has 0 saturated carbocycles. The fourth-order valence-electron chi connectivity index (χ4n) is 1.36. The molecule has 2 heterocycles. The van der Waals surface area contributed by atoms with Crippen LogP contribution < -0.4 is 10.9 Å². The van der Waals surface area contributed by atoms with E-state index in [9.17, 15) is 9.59 Å². The molecule has 0 unspecified atom stereocenters. The molecule has 0 aromatic carbocycles. The second-order valence-corrected chi connectivity index (χ2v) is 4.24. The van der Waals surface area contributed by atoms with Gasteiger partial charge in [-0.05, 0) is 6.42 Å². The highest BCUT2D eigenvalue weighted by Crippen LogP contribution is 2.05. The molecule has 2 aromatic rings. The second-order valence-electron chi connectivity index (χ2n) is 3.37. The fourth-order valence-corrected chi connectivity index (χ4v) is 2.04. The zero-order valence-corrected chi connectivity index (χ0v) is 9.87. The lowest BCUT2D eigenvalue weighted by Gasteiger charge is -2.02. The van der Waals surface area contributed by atoms with Crippen molar-refractivity contribution >= 4 is 22.2 Å². The van der Waals surface area contributed by atoms with Gasteiger partial charge in [-0.1, -0.05) is 6.08 Å². The second kappa shape index (κ2) is 4.92. The molecule has 1 amide bonds. The van der Waals surface area contributed by atoms with E-state index in [-0.39, 0.29) is 11.1 Å². The van der Waals surface area contributed by atoms with Crippen molar-refractivity contribution in [2.75, 3.05) is 6.54 Å². The molecule has 0 bridgehead atoms. The molecule has 5 nitrogen and oxygen atoms in total. The van der Waals surface area contributed by atoms with Crippen LogP contribution in [0.4, 0.5) is 0 Å². The van der Waals surface area contributed by atoms with Crippen LogP contribution in [0.25, 0.3) is 4.96 Å². The van der Waals surface area contributed by atoms with E-state index < -0.39 is 5.91 Å². The molecule has 1 N–H and O–H groups in total. The van der Waals surface area contributed by atoms with Gasteiger partial charge in [0.15, 0.2) is 4.96 Å². The molecule has 0 saturated heterocycles. The van der Waals surface area contributed by atoms with E-state index in [0.29, 0.717) is 17.9 Å². The van der Waals surface area contributed by atoms with Crippen LogP contribution in [0.2, 0.25) is 0 Å². The minimum atomic E-state index is -0.398. The Labute approximate surface area is 101 Å². The quantitative estimate of drug-likeness (QED) is 0.651. The number of aromatic nitrogens is 2. The predicted octanol–water partition coefficient (Wildman–Crippen LogP) is 1.06. The molecule has 0 aliphatic carbocycles. The van der Waals surface area contributed by atoms with Crippen molar-refractivity contribution in [2.45, 2.75) is 6.42 Å². The minimum Gasteiger partial charge on any atom is -0.352 e. The average Bonchev–Trinajstić information content (AvgIpc) is 2.78. The SMILES string of the molecule is C=CCCNC(=O)c1cnc2sccn2c1=O. The molecule has 17 heavy (non-hydrogen) atoms. The fraction of sp³-hybridized carbons (Fsp3) is 0.182. The van der Waals surface area contributed by atoms with Gasteiger partial charge in [0, 0.05) is 24.3 Å². The number of nitrogens with zero attached hydrogens (tertiary/aromatic N) is 2. The van der Waals surface area contributed by atoms with Crippen LogP contribution >= 0.6 is 11.3 Å². The Kier molecular flexibility index (Phi) is 3.34. The zero-order valence-electron chi connectivity index (χ0n) is 9.05. The lowest BCUT2D eigenvalue weighted by molar-refractivity contribution is 0.0952. The predicted molar refractivity (Wildman–Crippen MR) is 66.5 cm³/mol. The van der Waals surface area contributed by atoms with Gasteiger partial charge in [-0.3, -0.25) is 14.0 Å². The average molecular weight is 249 g/mol. The van der Waals surface area contributed by atoms with Crippen molar-refractivity contribution in [1.29, 1.82) is 0 Å². The summed E-state index contributed by atoms with van der Waals surface area (Å²) >= 11 is 1.35. The summed E-state index contributed by atoms with van der Waals surface area (Å²) in [5, 5.41) is 4.39. The molecule has 0 fully saturated rings. The summed E-state index contributed by atoms with van der Waals surface area (Å²) in [6.45, 7) is 4.02. The lowest BCUT2D eigenvalue weighted by Crippen LogP contribution is -2.31. The molecular weight excluding hydrogens is 238 g/mol. The first-order valence-electron chi connectivity index (χ1n) is 5.08. The molecule has 0 atom stereocenters. The third-order valence-electron chi connectivity index (χ3n) is 2.22. The van der Waals surface area contributed by atoms with Gasteiger partial charge in [0.05, 0.1) is 0 Å². The van der Waals surface area contributed by atoms with Gasteiger partial charge in [0.2, 0.25) is 0 Å². The summed E-state index contributed by atoms with van der Waals surface area (Å²) < 4.78 is 1.37. The van der Waals surface area contributed by atoms with Crippen molar-refractivity contribution in [3.8, 4) is 0 Å². The zero-order chi connectivity index (χ0) is 12.3. The van der Waals surface area contributed by atoms with Crippen molar-refractivity contribution in [1.82, 2.24) is 14.7 Å². The van der Waals surface area contributed by atoms with Crippen LogP contribution in [0.3, 0.4) is 0 Å². The monoisotopic (exact) mass is 249 g/mol. The van der Waals surface area contributed by atoms with Crippen LogP contribution in [0.5, 0.6) is 0 Å². The molecule has 0 spiro atoms. The maximum absolute atomic E-state index is 11.9. The number of fused-ring (bicyclic) bond motifs is 1. The third kappa shape index (κ3) is 2.26. The topological polar surface area (TPSA) is 63.5 Å². The molecule has 2 rings (SSSR count). The van der Waals surface area contributed by atoms with E-state index in [2.05, 4.69) is 16.9 Å². The Morgan fingerprint density at radius 2 is 2.47 bits per heavy atom. The first-order valence-corrected chi connectivity index (χ1v) is 5.96. The van der Waals surface area contributed by atoms with Crippen molar-refractivity contribution in [3.05, 3.63) is 46.3 Å². The molecular formula is C11H11N3O2S. The van der Waals surface area contributed by atoms with E-state index in [4.69, 9.17) is 0 Å². The molecule has 0 aliphatic heterocycles. The summed E-state index contributed by atoms with van der Waals surface area (Å²) in [4.78, 5) is 28.3. The van der Waals surface area contributed by atoms with Gasteiger partial charge < -0.3 is 5.32 Å². The number of nitrogens with one attached hydrogen (secondary N) is 1.